The Morgan fingerprint density at radius 3 is 2.72 bits per heavy atom. The lowest BCUT2D eigenvalue weighted by molar-refractivity contribution is 0.0698. The molecule has 1 aliphatic rings. The van der Waals surface area contributed by atoms with Crippen LogP contribution in [0.3, 0.4) is 0 Å². The van der Waals surface area contributed by atoms with Crippen LogP contribution < -0.4 is 10.5 Å². The molecule has 102 valence electrons. The van der Waals surface area contributed by atoms with Crippen molar-refractivity contribution in [1.82, 2.24) is 4.90 Å². The van der Waals surface area contributed by atoms with E-state index in [0.717, 1.165) is 43.1 Å². The molecule has 0 saturated carbocycles. The summed E-state index contributed by atoms with van der Waals surface area (Å²) in [6.45, 7) is 2.37. The van der Waals surface area contributed by atoms with Crippen LogP contribution in [0.2, 0.25) is 0 Å². The van der Waals surface area contributed by atoms with Gasteiger partial charge in [0.25, 0.3) is 5.91 Å². The van der Waals surface area contributed by atoms with Crippen LogP contribution in [0.4, 0.5) is 0 Å². The minimum atomic E-state index is 0. The Hall–Kier alpha value is -0.780. The molecular weight excluding hydrogens is 272 g/mol. The van der Waals surface area contributed by atoms with Gasteiger partial charge in [-0.2, -0.15) is 0 Å². The molecule has 18 heavy (non-hydrogen) atoms. The van der Waals surface area contributed by atoms with Gasteiger partial charge in [0.1, 0.15) is 5.75 Å². The maximum atomic E-state index is 12.2. The maximum absolute atomic E-state index is 12.2. The second kappa shape index (κ2) is 6.97. The van der Waals surface area contributed by atoms with Crippen LogP contribution >= 0.6 is 23.7 Å². The number of hydrogen-bond acceptors (Lipinski definition) is 4. The molecule has 2 rings (SSSR count). The fourth-order valence-electron chi connectivity index (χ4n) is 2.07. The number of amides is 1. The van der Waals surface area contributed by atoms with Gasteiger partial charge < -0.3 is 15.4 Å². The van der Waals surface area contributed by atoms with Crippen LogP contribution in [0.5, 0.6) is 5.75 Å². The molecule has 1 aromatic rings. The highest BCUT2D eigenvalue weighted by Crippen LogP contribution is 2.24. The van der Waals surface area contributed by atoms with E-state index >= 15 is 0 Å². The first-order valence-electron chi connectivity index (χ1n) is 5.86. The van der Waals surface area contributed by atoms with Crippen LogP contribution in [0.1, 0.15) is 22.5 Å². The van der Waals surface area contributed by atoms with Crippen LogP contribution in [-0.2, 0) is 0 Å². The van der Waals surface area contributed by atoms with Gasteiger partial charge in [-0.15, -0.1) is 23.7 Å². The van der Waals surface area contributed by atoms with E-state index < -0.39 is 0 Å². The van der Waals surface area contributed by atoms with Gasteiger partial charge in [0.15, 0.2) is 0 Å². The number of piperidine rings is 1. The van der Waals surface area contributed by atoms with Gasteiger partial charge in [0.2, 0.25) is 0 Å². The summed E-state index contributed by atoms with van der Waals surface area (Å²) in [5, 5.41) is 1.86. The van der Waals surface area contributed by atoms with Crippen LogP contribution in [0.15, 0.2) is 11.4 Å². The van der Waals surface area contributed by atoms with Gasteiger partial charge >= 0.3 is 0 Å². The van der Waals surface area contributed by atoms with Gasteiger partial charge in [-0.25, -0.2) is 0 Å². The molecule has 0 spiro atoms. The summed E-state index contributed by atoms with van der Waals surface area (Å²) in [6.07, 6.45) is 2.04. The van der Waals surface area contributed by atoms with Crippen molar-refractivity contribution in [2.45, 2.75) is 12.8 Å². The Kier molecular flexibility index (Phi) is 5.91. The van der Waals surface area contributed by atoms with E-state index in [0.29, 0.717) is 5.92 Å². The first kappa shape index (κ1) is 15.3. The van der Waals surface area contributed by atoms with Crippen molar-refractivity contribution in [3.8, 4) is 5.75 Å². The summed E-state index contributed by atoms with van der Waals surface area (Å²) >= 11 is 1.44. The molecule has 0 radical (unpaired) electrons. The predicted octanol–water partition coefficient (Wildman–Crippen LogP) is 1.99. The summed E-state index contributed by atoms with van der Waals surface area (Å²) in [6, 6.07) is 1.81. The highest BCUT2D eigenvalue weighted by molar-refractivity contribution is 7.12. The van der Waals surface area contributed by atoms with E-state index in [9.17, 15) is 4.79 Å². The molecule has 2 heterocycles. The monoisotopic (exact) mass is 290 g/mol. The highest BCUT2D eigenvalue weighted by Gasteiger charge is 2.23. The maximum Gasteiger partial charge on any atom is 0.264 e. The second-order valence-electron chi connectivity index (χ2n) is 4.32. The standard InChI is InChI=1S/C12H18N2O2S.ClH/c1-16-10-6-11(17-8-10)12(15)14-4-2-9(7-13)3-5-14;/h6,8-9H,2-5,7,13H2,1H3;1H. The summed E-state index contributed by atoms with van der Waals surface area (Å²) in [5.74, 6) is 1.46. The molecule has 0 aromatic carbocycles. The molecule has 4 nitrogen and oxygen atoms in total. The van der Waals surface area contributed by atoms with Crippen molar-refractivity contribution >= 4 is 29.7 Å². The molecule has 0 aliphatic carbocycles. The van der Waals surface area contributed by atoms with E-state index in [1.165, 1.54) is 11.3 Å². The molecule has 0 atom stereocenters. The van der Waals surface area contributed by atoms with Gasteiger partial charge in [-0.3, -0.25) is 4.79 Å². The van der Waals surface area contributed by atoms with Crippen LogP contribution in [0, 0.1) is 5.92 Å². The molecular formula is C12H19ClN2O2S. The van der Waals surface area contributed by atoms with Gasteiger partial charge in [0, 0.05) is 24.5 Å². The first-order chi connectivity index (χ1) is 8.24. The highest BCUT2D eigenvalue weighted by atomic mass is 35.5. The van der Waals surface area contributed by atoms with Gasteiger partial charge in [0.05, 0.1) is 12.0 Å². The van der Waals surface area contributed by atoms with Gasteiger partial charge in [-0.05, 0) is 25.3 Å². The zero-order valence-corrected chi connectivity index (χ0v) is 12.1. The summed E-state index contributed by atoms with van der Waals surface area (Å²) in [7, 11) is 1.61. The summed E-state index contributed by atoms with van der Waals surface area (Å²) in [4.78, 5) is 14.8. The Bertz CT molecular complexity index is 389. The zero-order valence-electron chi connectivity index (χ0n) is 10.4. The average Bonchev–Trinajstić information content (AvgIpc) is 2.87. The number of rotatable bonds is 3. The minimum Gasteiger partial charge on any atom is -0.496 e. The molecule has 1 fully saturated rings. The predicted molar refractivity (Wildman–Crippen MR) is 75.8 cm³/mol. The van der Waals surface area contributed by atoms with Gasteiger partial charge in [-0.1, -0.05) is 0 Å². The number of nitrogens with zero attached hydrogens (tertiary/aromatic N) is 1. The van der Waals surface area contributed by atoms with Crippen molar-refractivity contribution in [3.63, 3.8) is 0 Å². The number of hydrogen-bond donors (Lipinski definition) is 1. The number of ether oxygens (including phenoxy) is 1. The number of carbonyl (C=O) groups excluding carboxylic acids is 1. The smallest absolute Gasteiger partial charge is 0.264 e. The van der Waals surface area contributed by atoms with Crippen molar-refractivity contribution in [2.24, 2.45) is 11.7 Å². The molecule has 1 amide bonds. The third-order valence-corrected chi connectivity index (χ3v) is 4.15. The van der Waals surface area contributed by atoms with E-state index in [1.54, 1.807) is 7.11 Å². The number of nitrogens with two attached hydrogens (primary N) is 1. The SMILES string of the molecule is COc1csc(C(=O)N2CCC(CN)CC2)c1.Cl. The Morgan fingerprint density at radius 2 is 2.22 bits per heavy atom. The molecule has 0 unspecified atom stereocenters. The Balaban J connectivity index is 0.00000162. The molecule has 1 aromatic heterocycles. The van der Waals surface area contributed by atoms with E-state index in [2.05, 4.69) is 0 Å². The van der Waals surface area contributed by atoms with Crippen molar-refractivity contribution < 1.29 is 9.53 Å². The number of likely N-dealkylation sites (tertiary alicyclic amines) is 1. The topological polar surface area (TPSA) is 55.6 Å². The molecule has 6 heteroatoms. The second-order valence-corrected chi connectivity index (χ2v) is 5.23. The fourth-order valence-corrected chi connectivity index (χ4v) is 2.89. The molecule has 1 saturated heterocycles. The van der Waals surface area contributed by atoms with E-state index in [4.69, 9.17) is 10.5 Å². The largest absolute Gasteiger partial charge is 0.496 e. The number of methoxy groups -OCH3 is 1. The van der Waals surface area contributed by atoms with E-state index in [1.807, 2.05) is 16.3 Å². The van der Waals surface area contributed by atoms with Crippen molar-refractivity contribution in [2.75, 3.05) is 26.7 Å². The summed E-state index contributed by atoms with van der Waals surface area (Å²) in [5.41, 5.74) is 5.64. The van der Waals surface area contributed by atoms with Crippen LogP contribution in [0.25, 0.3) is 0 Å². The third-order valence-electron chi connectivity index (χ3n) is 3.26. The Labute approximate surface area is 118 Å². The normalized spacial score (nSPS) is 16.2. The fraction of sp³-hybridized carbons (Fsp3) is 0.583. The van der Waals surface area contributed by atoms with Crippen molar-refractivity contribution in [3.05, 3.63) is 16.3 Å². The Morgan fingerprint density at radius 1 is 1.56 bits per heavy atom. The van der Waals surface area contributed by atoms with Crippen LogP contribution in [-0.4, -0.2) is 37.6 Å². The average molecular weight is 291 g/mol. The molecule has 1 aliphatic heterocycles. The number of thiophene rings is 1. The molecule has 2 N–H and O–H groups in total. The van der Waals surface area contributed by atoms with Crippen molar-refractivity contribution in [1.29, 1.82) is 0 Å². The lowest BCUT2D eigenvalue weighted by Gasteiger charge is -2.31. The number of halogens is 1. The summed E-state index contributed by atoms with van der Waals surface area (Å²) < 4.78 is 5.09. The molecule has 0 bridgehead atoms. The lowest BCUT2D eigenvalue weighted by Crippen LogP contribution is -2.39. The first-order valence-corrected chi connectivity index (χ1v) is 6.74. The minimum absolute atomic E-state index is 0. The zero-order chi connectivity index (χ0) is 12.3. The quantitative estimate of drug-likeness (QED) is 0.926. The number of carbonyl (C=O) groups is 1. The van der Waals surface area contributed by atoms with E-state index in [-0.39, 0.29) is 18.3 Å². The lowest BCUT2D eigenvalue weighted by atomic mass is 9.97. The third kappa shape index (κ3) is 3.37.